The first-order chi connectivity index (χ1) is 19.4. The van der Waals surface area contributed by atoms with Gasteiger partial charge in [-0.25, -0.2) is 0 Å². The van der Waals surface area contributed by atoms with E-state index in [1.807, 2.05) is 67.6 Å². The van der Waals surface area contributed by atoms with Crippen LogP contribution in [0.1, 0.15) is 11.1 Å². The number of para-hydroxylation sites is 1. The summed E-state index contributed by atoms with van der Waals surface area (Å²) < 4.78 is 5.57. The summed E-state index contributed by atoms with van der Waals surface area (Å²) in [4.78, 5) is 51.5. The molecule has 0 spiro atoms. The first kappa shape index (κ1) is 26.7. The lowest BCUT2D eigenvalue weighted by Crippen LogP contribution is -2.36. The van der Waals surface area contributed by atoms with Gasteiger partial charge in [0.2, 0.25) is 5.91 Å². The number of anilines is 2. The molecule has 0 unspecified atom stereocenters. The maximum Gasteiger partial charge on any atom is 0.294 e. The number of fused-ring (bicyclic) bond motifs is 1. The van der Waals surface area contributed by atoms with Crippen molar-refractivity contribution in [1.29, 1.82) is 0 Å². The van der Waals surface area contributed by atoms with Crippen molar-refractivity contribution >= 4 is 62.9 Å². The number of nitrogens with one attached hydrogen (secondary N) is 2. The number of amides is 4. The standard InChI is InChI=1S/C31H25N3O5S/c1-20-7-2-5-11-25(20)32-29(36)19-39-23-15-13-21(14-16-23)17-27-30(37)34(31(38)40-27)18-28(35)33-26-12-6-9-22-8-3-4-10-24(22)26/h2-17H,18-19H2,1H3,(H,32,36)(H,33,35)/b27-17-. The Labute approximate surface area is 235 Å². The van der Waals surface area contributed by atoms with E-state index in [1.165, 1.54) is 0 Å². The van der Waals surface area contributed by atoms with Crippen LogP contribution in [0.2, 0.25) is 0 Å². The Morgan fingerprint density at radius 3 is 2.30 bits per heavy atom. The molecule has 9 heteroatoms. The molecule has 2 N–H and O–H groups in total. The van der Waals surface area contributed by atoms with Crippen LogP contribution in [0.15, 0.2) is 95.9 Å². The molecule has 1 aliphatic rings. The number of carbonyl (C=O) groups excluding carboxylic acids is 4. The van der Waals surface area contributed by atoms with Gasteiger partial charge in [0.1, 0.15) is 12.3 Å². The van der Waals surface area contributed by atoms with E-state index in [4.69, 9.17) is 4.74 Å². The highest BCUT2D eigenvalue weighted by Gasteiger charge is 2.36. The first-order valence-corrected chi connectivity index (χ1v) is 13.3. The molecule has 40 heavy (non-hydrogen) atoms. The van der Waals surface area contributed by atoms with Crippen LogP contribution >= 0.6 is 11.8 Å². The zero-order valence-corrected chi connectivity index (χ0v) is 22.4. The molecule has 1 saturated heterocycles. The number of hydrogen-bond acceptors (Lipinski definition) is 6. The zero-order valence-electron chi connectivity index (χ0n) is 21.5. The van der Waals surface area contributed by atoms with E-state index < -0.39 is 17.1 Å². The number of benzene rings is 4. The average molecular weight is 552 g/mol. The van der Waals surface area contributed by atoms with Gasteiger partial charge in [0.15, 0.2) is 6.61 Å². The van der Waals surface area contributed by atoms with E-state index >= 15 is 0 Å². The predicted octanol–water partition coefficient (Wildman–Crippen LogP) is 5.84. The van der Waals surface area contributed by atoms with Gasteiger partial charge in [-0.15, -0.1) is 0 Å². The molecule has 1 aliphatic heterocycles. The summed E-state index contributed by atoms with van der Waals surface area (Å²) in [5, 5.41) is 6.94. The molecule has 0 bridgehead atoms. The topological polar surface area (TPSA) is 105 Å². The molecule has 0 saturated carbocycles. The summed E-state index contributed by atoms with van der Waals surface area (Å²) in [5.74, 6) is -0.795. The minimum absolute atomic E-state index is 0.159. The number of hydrogen-bond donors (Lipinski definition) is 2. The van der Waals surface area contributed by atoms with Crippen LogP contribution < -0.4 is 15.4 Å². The molecule has 5 rings (SSSR count). The number of imide groups is 1. The lowest BCUT2D eigenvalue weighted by Gasteiger charge is -2.13. The molecule has 0 atom stereocenters. The van der Waals surface area contributed by atoms with E-state index in [1.54, 1.807) is 36.4 Å². The van der Waals surface area contributed by atoms with Crippen molar-refractivity contribution in [1.82, 2.24) is 4.90 Å². The van der Waals surface area contributed by atoms with Crippen LogP contribution in [0.25, 0.3) is 16.8 Å². The minimum atomic E-state index is -0.531. The number of aryl methyl sites for hydroxylation is 1. The Bertz CT molecular complexity index is 1640. The van der Waals surface area contributed by atoms with Crippen LogP contribution in [-0.2, 0) is 14.4 Å². The molecule has 4 aromatic carbocycles. The van der Waals surface area contributed by atoms with Gasteiger partial charge in [-0.1, -0.05) is 66.7 Å². The third kappa shape index (κ3) is 6.22. The lowest BCUT2D eigenvalue weighted by molar-refractivity contribution is -0.127. The maximum absolute atomic E-state index is 12.9. The van der Waals surface area contributed by atoms with E-state index in [-0.39, 0.29) is 24.0 Å². The Balaban J connectivity index is 1.17. The highest BCUT2D eigenvalue weighted by molar-refractivity contribution is 8.18. The van der Waals surface area contributed by atoms with Crippen LogP contribution in [0, 0.1) is 6.92 Å². The molecular weight excluding hydrogens is 526 g/mol. The monoisotopic (exact) mass is 551 g/mol. The number of thioether (sulfide) groups is 1. The van der Waals surface area contributed by atoms with E-state index in [0.717, 1.165) is 38.7 Å². The van der Waals surface area contributed by atoms with Gasteiger partial charge >= 0.3 is 0 Å². The molecule has 0 aliphatic carbocycles. The third-order valence-electron chi connectivity index (χ3n) is 6.21. The van der Waals surface area contributed by atoms with Gasteiger partial charge in [-0.05, 0) is 65.5 Å². The van der Waals surface area contributed by atoms with Crippen molar-refractivity contribution in [2.45, 2.75) is 6.92 Å². The molecule has 1 heterocycles. The van der Waals surface area contributed by atoms with Crippen molar-refractivity contribution in [3.63, 3.8) is 0 Å². The summed E-state index contributed by atoms with van der Waals surface area (Å²) in [6.07, 6.45) is 1.59. The first-order valence-electron chi connectivity index (χ1n) is 12.5. The Hall–Kier alpha value is -4.89. The SMILES string of the molecule is Cc1ccccc1NC(=O)COc1ccc(/C=C2\SC(=O)N(CC(=O)Nc3cccc4ccccc34)C2=O)cc1. The van der Waals surface area contributed by atoms with Gasteiger partial charge in [0.05, 0.1) is 4.91 Å². The summed E-state index contributed by atoms with van der Waals surface area (Å²) in [6.45, 7) is 1.36. The van der Waals surface area contributed by atoms with Crippen molar-refractivity contribution < 1.29 is 23.9 Å². The van der Waals surface area contributed by atoms with Gasteiger partial charge in [-0.2, -0.15) is 0 Å². The fourth-order valence-corrected chi connectivity index (χ4v) is 5.00. The molecule has 1 fully saturated rings. The van der Waals surface area contributed by atoms with Crippen molar-refractivity contribution in [3.8, 4) is 5.75 Å². The molecular formula is C31H25N3O5S. The molecule has 0 radical (unpaired) electrons. The maximum atomic E-state index is 12.9. The second-order valence-corrected chi connectivity index (χ2v) is 10.1. The minimum Gasteiger partial charge on any atom is -0.484 e. The highest BCUT2D eigenvalue weighted by atomic mass is 32.2. The van der Waals surface area contributed by atoms with E-state index in [9.17, 15) is 19.2 Å². The van der Waals surface area contributed by atoms with Crippen LogP contribution in [0.3, 0.4) is 0 Å². The van der Waals surface area contributed by atoms with Gasteiger partial charge in [-0.3, -0.25) is 24.1 Å². The quantitative estimate of drug-likeness (QED) is 0.267. The van der Waals surface area contributed by atoms with E-state index in [2.05, 4.69) is 10.6 Å². The largest absolute Gasteiger partial charge is 0.484 e. The van der Waals surface area contributed by atoms with E-state index in [0.29, 0.717) is 17.0 Å². The summed E-state index contributed by atoms with van der Waals surface area (Å²) in [6, 6.07) is 27.4. The normalized spacial score (nSPS) is 14.0. The van der Waals surface area contributed by atoms with Crippen molar-refractivity contribution in [2.24, 2.45) is 0 Å². The average Bonchev–Trinajstić information content (AvgIpc) is 3.21. The Morgan fingerprint density at radius 2 is 1.50 bits per heavy atom. The zero-order chi connectivity index (χ0) is 28.1. The Kier molecular flexibility index (Phi) is 7.93. The summed E-state index contributed by atoms with van der Waals surface area (Å²) >= 11 is 0.782. The number of ether oxygens (including phenoxy) is 1. The Morgan fingerprint density at radius 1 is 0.825 bits per heavy atom. The highest BCUT2D eigenvalue weighted by Crippen LogP contribution is 2.32. The van der Waals surface area contributed by atoms with Gasteiger partial charge in [0, 0.05) is 16.8 Å². The lowest BCUT2D eigenvalue weighted by atomic mass is 10.1. The molecule has 8 nitrogen and oxygen atoms in total. The van der Waals surface area contributed by atoms with Gasteiger partial charge < -0.3 is 15.4 Å². The third-order valence-corrected chi connectivity index (χ3v) is 7.11. The number of nitrogens with zero attached hydrogens (tertiary/aromatic N) is 1. The van der Waals surface area contributed by atoms with Gasteiger partial charge in [0.25, 0.3) is 17.1 Å². The second-order valence-electron chi connectivity index (χ2n) is 9.06. The van der Waals surface area contributed by atoms with Crippen molar-refractivity contribution in [3.05, 3.63) is 107 Å². The molecule has 4 amide bonds. The smallest absolute Gasteiger partial charge is 0.294 e. The fraction of sp³-hybridized carbons (Fsp3) is 0.0968. The van der Waals surface area contributed by atoms with Crippen LogP contribution in [-0.4, -0.2) is 41.0 Å². The number of rotatable bonds is 8. The van der Waals surface area contributed by atoms with Crippen LogP contribution in [0.4, 0.5) is 16.2 Å². The van der Waals surface area contributed by atoms with Crippen LogP contribution in [0.5, 0.6) is 5.75 Å². The molecule has 200 valence electrons. The molecule has 4 aromatic rings. The molecule has 0 aromatic heterocycles. The summed E-state index contributed by atoms with van der Waals surface area (Å²) in [5.41, 5.74) is 2.96. The van der Waals surface area contributed by atoms with Crippen molar-refractivity contribution in [2.75, 3.05) is 23.8 Å². The number of carbonyl (C=O) groups is 4. The predicted molar refractivity (Wildman–Crippen MR) is 157 cm³/mol. The summed E-state index contributed by atoms with van der Waals surface area (Å²) in [7, 11) is 0. The fourth-order valence-electron chi connectivity index (χ4n) is 4.16. The second kappa shape index (κ2) is 11.9.